The van der Waals surface area contributed by atoms with Crippen LogP contribution in [0, 0.1) is 17.8 Å². The number of amides is 2. The third-order valence-electron chi connectivity index (χ3n) is 7.21. The zero-order chi connectivity index (χ0) is 24.8. The molecule has 0 aromatic heterocycles. The third-order valence-corrected chi connectivity index (χ3v) is 8.05. The Labute approximate surface area is 207 Å². The second kappa shape index (κ2) is 9.47. The molecular weight excluding hydrogens is 508 g/mol. The van der Waals surface area contributed by atoms with Crippen LogP contribution in [-0.4, -0.2) is 76.7 Å². The number of alkyl halides is 1. The number of aliphatic hydroxyl groups is 1. The van der Waals surface area contributed by atoms with E-state index in [1.807, 2.05) is 13.8 Å². The minimum absolute atomic E-state index is 0.126. The van der Waals surface area contributed by atoms with Crippen LogP contribution in [0.4, 0.5) is 5.69 Å². The van der Waals surface area contributed by atoms with Crippen molar-refractivity contribution < 1.29 is 33.7 Å². The van der Waals surface area contributed by atoms with Crippen LogP contribution in [0.25, 0.3) is 0 Å². The fourth-order valence-electron chi connectivity index (χ4n) is 5.74. The van der Waals surface area contributed by atoms with Crippen molar-refractivity contribution in [2.45, 2.75) is 55.8 Å². The second-order valence-corrected chi connectivity index (χ2v) is 10.5. The number of methoxy groups -OCH3 is 1. The molecule has 1 spiro atoms. The fraction of sp³-hybridized carbons (Fsp3) is 0.625. The summed E-state index contributed by atoms with van der Waals surface area (Å²) in [5.41, 5.74) is -0.667. The van der Waals surface area contributed by atoms with Crippen LogP contribution >= 0.6 is 15.9 Å². The summed E-state index contributed by atoms with van der Waals surface area (Å²) in [5, 5.41) is 13.1. The summed E-state index contributed by atoms with van der Waals surface area (Å²) >= 11 is 3.61. The number of rotatable bonds is 8. The van der Waals surface area contributed by atoms with Gasteiger partial charge in [0.15, 0.2) is 0 Å². The summed E-state index contributed by atoms with van der Waals surface area (Å²) in [4.78, 5) is 41.8. The van der Waals surface area contributed by atoms with Crippen LogP contribution in [0.1, 0.15) is 27.2 Å². The van der Waals surface area contributed by atoms with E-state index in [0.717, 1.165) is 0 Å². The molecule has 9 nitrogen and oxygen atoms in total. The van der Waals surface area contributed by atoms with Gasteiger partial charge in [0, 0.05) is 10.5 Å². The average molecular weight is 539 g/mol. The van der Waals surface area contributed by atoms with Gasteiger partial charge >= 0.3 is 5.97 Å². The average Bonchev–Trinajstić information content (AvgIpc) is 3.38. The molecule has 2 amide bonds. The molecule has 2 N–H and O–H groups in total. The van der Waals surface area contributed by atoms with Crippen molar-refractivity contribution in [3.63, 3.8) is 0 Å². The first-order valence-corrected chi connectivity index (χ1v) is 12.5. The van der Waals surface area contributed by atoms with E-state index in [2.05, 4.69) is 21.2 Å². The molecular formula is C24H31BrN2O7. The topological polar surface area (TPSA) is 114 Å². The number of carbonyl (C=O) groups is 3. The maximum atomic E-state index is 13.9. The fourth-order valence-corrected chi connectivity index (χ4v) is 6.68. The smallest absolute Gasteiger partial charge is 0.312 e. The highest BCUT2D eigenvalue weighted by atomic mass is 79.9. The molecule has 0 aliphatic carbocycles. The number of hydrogen-bond acceptors (Lipinski definition) is 7. The van der Waals surface area contributed by atoms with E-state index in [4.69, 9.17) is 14.2 Å². The van der Waals surface area contributed by atoms with E-state index < -0.39 is 47.5 Å². The van der Waals surface area contributed by atoms with Gasteiger partial charge in [0.25, 0.3) is 0 Å². The monoisotopic (exact) mass is 538 g/mol. The summed E-state index contributed by atoms with van der Waals surface area (Å²) in [6.07, 6.45) is -0.185. The minimum atomic E-state index is -1.20. The highest BCUT2D eigenvalue weighted by molar-refractivity contribution is 9.09. The summed E-state index contributed by atoms with van der Waals surface area (Å²) in [7, 11) is 1.56. The quantitative estimate of drug-likeness (QED) is 0.384. The van der Waals surface area contributed by atoms with Gasteiger partial charge in [-0.05, 0) is 43.5 Å². The summed E-state index contributed by atoms with van der Waals surface area (Å²) < 4.78 is 16.9. The molecule has 4 rings (SSSR count). The van der Waals surface area contributed by atoms with E-state index in [9.17, 15) is 19.5 Å². The lowest BCUT2D eigenvalue weighted by Gasteiger charge is -2.38. The van der Waals surface area contributed by atoms with Crippen molar-refractivity contribution in [2.24, 2.45) is 17.8 Å². The lowest BCUT2D eigenvalue weighted by Crippen LogP contribution is -2.57. The van der Waals surface area contributed by atoms with Crippen molar-refractivity contribution in [3.8, 4) is 5.75 Å². The number of carbonyl (C=O) groups excluding carboxylic acids is 3. The van der Waals surface area contributed by atoms with Gasteiger partial charge in [-0.2, -0.15) is 0 Å². The van der Waals surface area contributed by atoms with Gasteiger partial charge in [-0.3, -0.25) is 14.4 Å². The Bertz CT molecular complexity index is 955. The number of esters is 1. The van der Waals surface area contributed by atoms with Gasteiger partial charge in [-0.1, -0.05) is 29.8 Å². The van der Waals surface area contributed by atoms with Gasteiger partial charge in [-0.25, -0.2) is 0 Å². The predicted molar refractivity (Wildman–Crippen MR) is 127 cm³/mol. The van der Waals surface area contributed by atoms with E-state index in [1.54, 1.807) is 38.3 Å². The van der Waals surface area contributed by atoms with Crippen LogP contribution in [0.5, 0.6) is 5.75 Å². The summed E-state index contributed by atoms with van der Waals surface area (Å²) in [6, 6.07) is 5.24. The number of likely N-dealkylation sites (tertiary alicyclic amines) is 1. The largest absolute Gasteiger partial charge is 0.497 e. The molecule has 186 valence electrons. The molecule has 3 heterocycles. The van der Waals surface area contributed by atoms with Gasteiger partial charge in [0.05, 0.1) is 44.3 Å². The number of hydrogen-bond donors (Lipinski definition) is 2. The lowest BCUT2D eigenvalue weighted by atomic mass is 9.70. The molecule has 2 bridgehead atoms. The lowest BCUT2D eigenvalue weighted by molar-refractivity contribution is -0.155. The second-order valence-electron chi connectivity index (χ2n) is 9.37. The van der Waals surface area contributed by atoms with Crippen molar-refractivity contribution >= 4 is 39.4 Å². The number of ether oxygens (including phenoxy) is 3. The van der Waals surface area contributed by atoms with Crippen LogP contribution in [0.3, 0.4) is 0 Å². The zero-order valence-corrected chi connectivity index (χ0v) is 21.3. The number of benzene rings is 1. The molecule has 3 aliphatic heterocycles. The number of aliphatic hydroxyl groups excluding tert-OH is 1. The van der Waals surface area contributed by atoms with Gasteiger partial charge in [-0.15, -0.1) is 0 Å². The standard InChI is InChI=1S/C24H31BrN2O7/c1-5-33-23(31)17-18-22(30)27(16(11-28)12(2)3)20(24(18)10-15(25)19(17)34-24)21(29)26-13-6-8-14(32-4)9-7-13/h6-9,12,15-20,28H,5,10-11H2,1-4H3,(H,26,29)/t15?,16-,17-,18+,19-,20-,24+/m0/s1. The molecule has 7 atom stereocenters. The Kier molecular flexibility index (Phi) is 6.94. The first-order chi connectivity index (χ1) is 16.2. The zero-order valence-electron chi connectivity index (χ0n) is 19.7. The normalized spacial score (nSPS) is 32.6. The molecule has 3 aliphatic rings. The number of anilines is 1. The maximum Gasteiger partial charge on any atom is 0.312 e. The third kappa shape index (κ3) is 3.79. The molecule has 1 unspecified atom stereocenters. The number of nitrogens with one attached hydrogen (secondary N) is 1. The SMILES string of the molecule is CCOC(=O)[C@@H]1[C@H]2O[C@@]3(CC2Br)[C@H](C(=O)Nc2ccc(OC)cc2)N([C@@H](CO)C(C)C)C(=O)[C@@H]13. The minimum Gasteiger partial charge on any atom is -0.497 e. The molecule has 1 aromatic carbocycles. The van der Waals surface area contributed by atoms with Gasteiger partial charge < -0.3 is 29.5 Å². The number of halogens is 1. The van der Waals surface area contributed by atoms with Gasteiger partial charge in [0.2, 0.25) is 11.8 Å². The van der Waals surface area contributed by atoms with Crippen LogP contribution in [0.2, 0.25) is 0 Å². The Morgan fingerprint density at radius 3 is 2.56 bits per heavy atom. The first-order valence-electron chi connectivity index (χ1n) is 11.6. The Balaban J connectivity index is 1.75. The maximum absolute atomic E-state index is 13.9. The molecule has 3 fully saturated rings. The molecule has 0 saturated carbocycles. The molecule has 10 heteroatoms. The number of nitrogens with zero attached hydrogens (tertiary/aromatic N) is 1. The first kappa shape index (κ1) is 24.9. The van der Waals surface area contributed by atoms with Crippen molar-refractivity contribution in [1.29, 1.82) is 0 Å². The van der Waals surface area contributed by atoms with Crippen LogP contribution < -0.4 is 10.1 Å². The Morgan fingerprint density at radius 1 is 1.32 bits per heavy atom. The highest BCUT2D eigenvalue weighted by Gasteiger charge is 2.77. The predicted octanol–water partition coefficient (Wildman–Crippen LogP) is 1.96. The van der Waals surface area contributed by atoms with Crippen LogP contribution in [0.15, 0.2) is 24.3 Å². The van der Waals surface area contributed by atoms with Crippen LogP contribution in [-0.2, 0) is 23.9 Å². The summed E-state index contributed by atoms with van der Waals surface area (Å²) in [5.74, 6) is -2.45. The Morgan fingerprint density at radius 2 is 2.00 bits per heavy atom. The molecule has 3 saturated heterocycles. The van der Waals surface area contributed by atoms with Crippen molar-refractivity contribution in [2.75, 3.05) is 25.6 Å². The van der Waals surface area contributed by atoms with E-state index in [1.165, 1.54) is 4.90 Å². The number of fused-ring (bicyclic) bond motifs is 1. The van der Waals surface area contributed by atoms with Crippen molar-refractivity contribution in [3.05, 3.63) is 24.3 Å². The van der Waals surface area contributed by atoms with E-state index in [0.29, 0.717) is 17.9 Å². The molecule has 34 heavy (non-hydrogen) atoms. The summed E-state index contributed by atoms with van der Waals surface area (Å²) in [6.45, 7) is 5.34. The van der Waals surface area contributed by atoms with E-state index in [-0.39, 0.29) is 29.9 Å². The Hall–Kier alpha value is -2.17. The highest BCUT2D eigenvalue weighted by Crippen LogP contribution is 2.60. The van der Waals surface area contributed by atoms with Crippen molar-refractivity contribution in [1.82, 2.24) is 4.90 Å². The molecule has 1 aromatic rings. The van der Waals surface area contributed by atoms with Gasteiger partial charge in [0.1, 0.15) is 17.4 Å². The van der Waals surface area contributed by atoms with E-state index >= 15 is 0 Å². The molecule has 0 radical (unpaired) electrons.